The molecule has 0 N–H and O–H groups in total. The summed E-state index contributed by atoms with van der Waals surface area (Å²) < 4.78 is 10.0. The lowest BCUT2D eigenvalue weighted by atomic mass is 9.65. The van der Waals surface area contributed by atoms with E-state index in [-0.39, 0.29) is 23.8 Å². The average molecular weight is 513 g/mol. The molecule has 0 radical (unpaired) electrons. The quantitative estimate of drug-likeness (QED) is 0.284. The van der Waals surface area contributed by atoms with Gasteiger partial charge in [0.05, 0.1) is 0 Å². The fourth-order valence-electron chi connectivity index (χ4n) is 4.76. The van der Waals surface area contributed by atoms with Gasteiger partial charge in [-0.1, -0.05) is 93.3 Å². The van der Waals surface area contributed by atoms with Crippen LogP contribution in [0, 0.1) is 18.3 Å². The first-order chi connectivity index (χ1) is 17.8. The molecule has 2 aromatic carbocycles. The summed E-state index contributed by atoms with van der Waals surface area (Å²) in [6, 6.07) is 18.4. The molecule has 0 aromatic heterocycles. The third kappa shape index (κ3) is 11.0. The van der Waals surface area contributed by atoms with Crippen molar-refractivity contribution >= 4 is 18.5 Å². The summed E-state index contributed by atoms with van der Waals surface area (Å²) in [5.41, 5.74) is 2.57. The lowest BCUT2D eigenvalue weighted by Gasteiger charge is -2.38. The first-order valence-corrected chi connectivity index (χ1v) is 13.3. The van der Waals surface area contributed by atoms with Crippen molar-refractivity contribution in [1.82, 2.24) is 0 Å². The van der Waals surface area contributed by atoms with Crippen LogP contribution in [0.4, 0.5) is 0 Å². The van der Waals surface area contributed by atoms with Gasteiger partial charge in [-0.2, -0.15) is 0 Å². The molecule has 1 saturated carbocycles. The highest BCUT2D eigenvalue weighted by atomic mass is 16.5. The van der Waals surface area contributed by atoms with E-state index in [4.69, 9.17) is 9.53 Å². The van der Waals surface area contributed by atoms with Gasteiger partial charge in [-0.3, -0.25) is 9.59 Å². The molecule has 1 aliphatic rings. The Kier molecular flexibility index (Phi) is 17.9. The summed E-state index contributed by atoms with van der Waals surface area (Å²) in [5, 5.41) is 0. The molecule has 1 fully saturated rings. The zero-order chi connectivity index (χ0) is 28.3. The molecule has 0 amide bonds. The monoisotopic (exact) mass is 512 g/mol. The Morgan fingerprint density at radius 3 is 1.86 bits per heavy atom. The SMILES string of the molecule is C=O.CCC(C(C)=O)(C(=O)OC(C)c1ccc(C)cc1)C1CCCCC1.CCc1ccccc1.COC. The summed E-state index contributed by atoms with van der Waals surface area (Å²) in [6.45, 7) is 11.6. The minimum Gasteiger partial charge on any atom is -0.457 e. The van der Waals surface area contributed by atoms with Crippen LogP contribution in [-0.4, -0.2) is 32.8 Å². The van der Waals surface area contributed by atoms with E-state index in [1.807, 2.05) is 57.9 Å². The van der Waals surface area contributed by atoms with E-state index >= 15 is 0 Å². The van der Waals surface area contributed by atoms with Crippen LogP contribution >= 0.6 is 0 Å². The first-order valence-electron chi connectivity index (χ1n) is 13.3. The van der Waals surface area contributed by atoms with E-state index in [1.54, 1.807) is 21.1 Å². The smallest absolute Gasteiger partial charge is 0.320 e. The highest BCUT2D eigenvalue weighted by Crippen LogP contribution is 2.43. The summed E-state index contributed by atoms with van der Waals surface area (Å²) >= 11 is 0. The Bertz CT molecular complexity index is 872. The highest BCUT2D eigenvalue weighted by molar-refractivity contribution is 6.03. The van der Waals surface area contributed by atoms with Crippen LogP contribution in [-0.2, 0) is 30.3 Å². The maximum absolute atomic E-state index is 13.0. The highest BCUT2D eigenvalue weighted by Gasteiger charge is 2.50. The largest absolute Gasteiger partial charge is 0.457 e. The zero-order valence-electron chi connectivity index (χ0n) is 24.0. The molecule has 0 saturated heterocycles. The number of ether oxygens (including phenoxy) is 2. The van der Waals surface area contributed by atoms with Gasteiger partial charge in [-0.05, 0) is 63.5 Å². The van der Waals surface area contributed by atoms with E-state index in [0.29, 0.717) is 6.42 Å². The van der Waals surface area contributed by atoms with Crippen molar-refractivity contribution in [2.24, 2.45) is 11.3 Å². The lowest BCUT2D eigenvalue weighted by molar-refractivity contribution is -0.170. The minimum absolute atomic E-state index is 0.0435. The van der Waals surface area contributed by atoms with Crippen LogP contribution in [0.5, 0.6) is 0 Å². The number of hydrogen-bond donors (Lipinski definition) is 0. The third-order valence-electron chi connectivity index (χ3n) is 6.93. The molecule has 5 nitrogen and oxygen atoms in total. The fourth-order valence-corrected chi connectivity index (χ4v) is 4.76. The molecule has 0 heterocycles. The minimum atomic E-state index is -0.973. The van der Waals surface area contributed by atoms with Crippen molar-refractivity contribution in [3.63, 3.8) is 0 Å². The second-order valence-corrected chi connectivity index (χ2v) is 9.42. The van der Waals surface area contributed by atoms with Crippen molar-refractivity contribution in [3.8, 4) is 0 Å². The van der Waals surface area contributed by atoms with Gasteiger partial charge >= 0.3 is 5.97 Å². The number of rotatable bonds is 7. The number of Topliss-reactive ketones (excluding diaryl/α,β-unsaturated/α-hetero) is 1. The number of esters is 1. The van der Waals surface area contributed by atoms with E-state index in [1.165, 1.54) is 17.5 Å². The number of hydrogen-bond acceptors (Lipinski definition) is 5. The van der Waals surface area contributed by atoms with Gasteiger partial charge in [0.2, 0.25) is 0 Å². The van der Waals surface area contributed by atoms with Crippen LogP contribution in [0.15, 0.2) is 54.6 Å². The van der Waals surface area contributed by atoms with Crippen molar-refractivity contribution in [2.75, 3.05) is 14.2 Å². The van der Waals surface area contributed by atoms with Gasteiger partial charge in [0.1, 0.15) is 24.1 Å². The molecule has 0 bridgehead atoms. The first kappa shape index (κ1) is 34.2. The Morgan fingerprint density at radius 1 is 0.946 bits per heavy atom. The third-order valence-corrected chi connectivity index (χ3v) is 6.93. The van der Waals surface area contributed by atoms with E-state index in [0.717, 1.165) is 37.7 Å². The van der Waals surface area contributed by atoms with E-state index < -0.39 is 5.41 Å². The maximum atomic E-state index is 13.0. The number of ketones is 1. The van der Waals surface area contributed by atoms with Crippen molar-refractivity contribution in [1.29, 1.82) is 0 Å². The Hall–Kier alpha value is -2.79. The standard InChI is InChI=1S/C21H30O3.C8H10.C2H6O.CH2O/c1-5-21(17(4)22,19-9-7-6-8-10-19)20(23)24-16(3)18-13-11-15(2)12-14-18;1-2-8-6-4-3-5-7-8;1-3-2;1-2/h11-14,16,19H,5-10H2,1-4H3;3-7H,2H2,1H3;1-2H3;1H2. The second-order valence-electron chi connectivity index (χ2n) is 9.42. The molecular formula is C32H48O5. The summed E-state index contributed by atoms with van der Waals surface area (Å²) in [7, 11) is 3.25. The van der Waals surface area contributed by atoms with Gasteiger partial charge in [0.15, 0.2) is 0 Å². The van der Waals surface area contributed by atoms with E-state index in [9.17, 15) is 9.59 Å². The second kappa shape index (κ2) is 19.3. The molecule has 0 aliphatic heterocycles. The van der Waals surface area contributed by atoms with Crippen LogP contribution in [0.3, 0.4) is 0 Å². The summed E-state index contributed by atoms with van der Waals surface area (Å²) in [5.74, 6) is -0.262. The van der Waals surface area contributed by atoms with Crippen molar-refractivity contribution in [2.45, 2.75) is 85.7 Å². The normalized spacial score (nSPS) is 15.1. The van der Waals surface area contributed by atoms with Crippen molar-refractivity contribution in [3.05, 3.63) is 71.3 Å². The molecular weight excluding hydrogens is 464 g/mol. The maximum Gasteiger partial charge on any atom is 0.320 e. The number of aryl methyl sites for hydroxylation is 2. The van der Waals surface area contributed by atoms with E-state index in [2.05, 4.69) is 35.9 Å². The number of benzene rings is 2. The molecule has 3 rings (SSSR count). The van der Waals surface area contributed by atoms with Crippen LogP contribution in [0.2, 0.25) is 0 Å². The number of methoxy groups -OCH3 is 1. The molecule has 2 atom stereocenters. The topological polar surface area (TPSA) is 69.7 Å². The molecule has 0 spiro atoms. The molecule has 1 aliphatic carbocycles. The molecule has 206 valence electrons. The molecule has 2 unspecified atom stereocenters. The molecule has 5 heteroatoms. The van der Waals surface area contributed by atoms with Gasteiger partial charge in [-0.15, -0.1) is 0 Å². The number of carbonyl (C=O) groups is 3. The Balaban J connectivity index is 0.000000823. The molecule has 37 heavy (non-hydrogen) atoms. The average Bonchev–Trinajstić information content (AvgIpc) is 2.92. The summed E-state index contributed by atoms with van der Waals surface area (Å²) in [4.78, 5) is 33.5. The predicted octanol–water partition coefficient (Wildman–Crippen LogP) is 7.49. The van der Waals surface area contributed by atoms with Crippen LogP contribution in [0.25, 0.3) is 0 Å². The van der Waals surface area contributed by atoms with Crippen molar-refractivity contribution < 1.29 is 23.9 Å². The van der Waals surface area contributed by atoms with Gasteiger partial charge in [0, 0.05) is 14.2 Å². The Morgan fingerprint density at radius 2 is 1.46 bits per heavy atom. The van der Waals surface area contributed by atoms with Crippen LogP contribution < -0.4 is 0 Å². The lowest BCUT2D eigenvalue weighted by Crippen LogP contribution is -2.46. The van der Waals surface area contributed by atoms with Gasteiger partial charge < -0.3 is 14.3 Å². The zero-order valence-corrected chi connectivity index (χ0v) is 24.0. The van der Waals surface area contributed by atoms with Gasteiger partial charge in [0.25, 0.3) is 0 Å². The molecule has 2 aromatic rings. The fraction of sp³-hybridized carbons (Fsp3) is 0.531. The Labute approximate surface area is 225 Å². The predicted molar refractivity (Wildman–Crippen MR) is 152 cm³/mol. The van der Waals surface area contributed by atoms with Crippen LogP contribution in [0.1, 0.15) is 89.0 Å². The summed E-state index contributed by atoms with van der Waals surface area (Å²) in [6.07, 6.45) is 6.60. The van der Waals surface area contributed by atoms with Gasteiger partial charge in [-0.25, -0.2) is 0 Å². The number of carbonyl (C=O) groups excluding carboxylic acids is 3.